The molecule has 0 saturated carbocycles. The molecule has 9 nitrogen and oxygen atoms in total. The lowest BCUT2D eigenvalue weighted by Crippen LogP contribution is -2.45. The summed E-state index contributed by atoms with van der Waals surface area (Å²) in [7, 11) is 1.21. The number of carboxylic acids is 1. The molecule has 2 N–H and O–H groups in total. The largest absolute Gasteiger partial charge is 0.476 e. The van der Waals surface area contributed by atoms with Crippen molar-refractivity contribution in [2.45, 2.75) is 38.4 Å². The quantitative estimate of drug-likeness (QED) is 0.520. The van der Waals surface area contributed by atoms with Gasteiger partial charge in [-0.25, -0.2) is 14.6 Å². The van der Waals surface area contributed by atoms with E-state index in [0.717, 1.165) is 0 Å². The Hall–Kier alpha value is -2.91. The summed E-state index contributed by atoms with van der Waals surface area (Å²) in [5.74, 6) is -1.40. The highest BCUT2D eigenvalue weighted by Gasteiger charge is 2.35. The third kappa shape index (κ3) is 4.03. The Morgan fingerprint density at radius 1 is 1.40 bits per heavy atom. The summed E-state index contributed by atoms with van der Waals surface area (Å²) in [5, 5.41) is 20.1. The van der Waals surface area contributed by atoms with Gasteiger partial charge < -0.3 is 24.6 Å². The normalized spacial score (nSPS) is 17.0. The molecule has 0 spiro atoms. The number of hydrogen-bond donors (Lipinski definition) is 2. The minimum atomic E-state index is -1.50. The number of pyridine rings is 1. The molecule has 9 heteroatoms. The molecule has 0 amide bonds. The number of aryl methyl sites for hydroxylation is 1. The number of nitrogens with zero attached hydrogens (tertiary/aromatic N) is 3. The van der Waals surface area contributed by atoms with Crippen molar-refractivity contribution in [2.75, 3.05) is 31.7 Å². The van der Waals surface area contributed by atoms with Crippen LogP contribution in [0.2, 0.25) is 0 Å². The van der Waals surface area contributed by atoms with Gasteiger partial charge in [0.2, 0.25) is 0 Å². The lowest BCUT2D eigenvalue weighted by molar-refractivity contribution is -0.150. The molecule has 30 heavy (non-hydrogen) atoms. The Bertz CT molecular complexity index is 975. The van der Waals surface area contributed by atoms with E-state index in [-0.39, 0.29) is 11.3 Å². The number of aliphatic hydroxyl groups excluding tert-OH is 1. The zero-order valence-corrected chi connectivity index (χ0v) is 17.4. The van der Waals surface area contributed by atoms with Crippen LogP contribution in [-0.4, -0.2) is 63.9 Å². The maximum atomic E-state index is 12.1. The lowest BCUT2D eigenvalue weighted by atomic mass is 9.92. The molecule has 0 radical (unpaired) electrons. The van der Waals surface area contributed by atoms with Crippen LogP contribution in [0.15, 0.2) is 24.9 Å². The molecule has 3 rings (SSSR count). The van der Waals surface area contributed by atoms with Crippen molar-refractivity contribution in [1.29, 1.82) is 0 Å². The predicted octanol–water partition coefficient (Wildman–Crippen LogP) is 2.11. The highest BCUT2D eigenvalue weighted by Crippen LogP contribution is 2.36. The van der Waals surface area contributed by atoms with E-state index in [1.54, 1.807) is 23.5 Å². The Kier molecular flexibility index (Phi) is 6.14. The van der Waals surface area contributed by atoms with Gasteiger partial charge in [0.25, 0.3) is 0 Å². The fraction of sp³-hybridized carbons (Fsp3) is 0.476. The molecule has 0 aromatic carbocycles. The van der Waals surface area contributed by atoms with E-state index >= 15 is 0 Å². The van der Waals surface area contributed by atoms with Crippen LogP contribution in [0, 0.1) is 6.92 Å². The molecule has 1 aliphatic heterocycles. The van der Waals surface area contributed by atoms with Gasteiger partial charge in [0, 0.05) is 24.8 Å². The van der Waals surface area contributed by atoms with E-state index in [2.05, 4.69) is 11.6 Å². The SMILES string of the molecule is C=CCOC1(C)CCN(c2c(C(O)C(=O)OC)c(C)cc3nc(C(=O)O)cn23)CC1. The highest BCUT2D eigenvalue weighted by molar-refractivity contribution is 5.87. The molecule has 1 aliphatic rings. The first kappa shape index (κ1) is 21.8. The van der Waals surface area contributed by atoms with Gasteiger partial charge in [0.15, 0.2) is 11.8 Å². The van der Waals surface area contributed by atoms with Gasteiger partial charge in [-0.1, -0.05) is 6.08 Å². The number of methoxy groups -OCH3 is 1. The summed E-state index contributed by atoms with van der Waals surface area (Å²) >= 11 is 0. The number of piperidine rings is 1. The Labute approximate surface area is 174 Å². The summed E-state index contributed by atoms with van der Waals surface area (Å²) in [6.07, 6.45) is 3.04. The number of rotatable bonds is 7. The fourth-order valence-corrected chi connectivity index (χ4v) is 3.83. The summed E-state index contributed by atoms with van der Waals surface area (Å²) in [6.45, 7) is 9.13. The van der Waals surface area contributed by atoms with E-state index in [1.165, 1.54) is 13.3 Å². The van der Waals surface area contributed by atoms with E-state index in [0.29, 0.717) is 55.1 Å². The zero-order chi connectivity index (χ0) is 22.1. The summed E-state index contributed by atoms with van der Waals surface area (Å²) < 4.78 is 12.3. The first-order valence-electron chi connectivity index (χ1n) is 9.72. The molecule has 1 fully saturated rings. The third-order valence-corrected chi connectivity index (χ3v) is 5.56. The van der Waals surface area contributed by atoms with Crippen molar-refractivity contribution in [3.8, 4) is 0 Å². The Balaban J connectivity index is 2.09. The van der Waals surface area contributed by atoms with Gasteiger partial charge in [-0.15, -0.1) is 6.58 Å². The summed E-state index contributed by atoms with van der Waals surface area (Å²) in [6, 6.07) is 1.65. The number of carbonyl (C=O) groups is 2. The number of aromatic carboxylic acids is 1. The van der Waals surface area contributed by atoms with Crippen LogP contribution in [-0.2, 0) is 14.3 Å². The number of aliphatic hydroxyl groups is 1. The van der Waals surface area contributed by atoms with Crippen molar-refractivity contribution in [1.82, 2.24) is 9.38 Å². The second-order valence-electron chi connectivity index (χ2n) is 7.69. The fourth-order valence-electron chi connectivity index (χ4n) is 3.83. The van der Waals surface area contributed by atoms with Crippen LogP contribution in [0.25, 0.3) is 5.65 Å². The van der Waals surface area contributed by atoms with Gasteiger partial charge in [-0.3, -0.25) is 4.40 Å². The topological polar surface area (TPSA) is 114 Å². The van der Waals surface area contributed by atoms with Crippen LogP contribution in [0.4, 0.5) is 5.82 Å². The minimum absolute atomic E-state index is 0.114. The molecule has 1 atom stereocenters. The number of ether oxygens (including phenoxy) is 2. The van der Waals surface area contributed by atoms with E-state index in [9.17, 15) is 19.8 Å². The van der Waals surface area contributed by atoms with E-state index < -0.39 is 18.0 Å². The van der Waals surface area contributed by atoms with Gasteiger partial charge in [0.1, 0.15) is 11.5 Å². The molecule has 0 aliphatic carbocycles. The average Bonchev–Trinajstić information content (AvgIpc) is 3.15. The first-order chi connectivity index (χ1) is 14.2. The number of carboxylic acid groups (broad SMARTS) is 1. The number of imidazole rings is 1. The van der Waals surface area contributed by atoms with Crippen molar-refractivity contribution in [3.63, 3.8) is 0 Å². The number of aromatic nitrogens is 2. The molecule has 2 aromatic heterocycles. The first-order valence-corrected chi connectivity index (χ1v) is 9.72. The molecule has 2 aromatic rings. The number of anilines is 1. The predicted molar refractivity (Wildman–Crippen MR) is 110 cm³/mol. The van der Waals surface area contributed by atoms with Gasteiger partial charge in [-0.05, 0) is 38.3 Å². The molecule has 1 unspecified atom stereocenters. The number of carbonyl (C=O) groups excluding carboxylic acids is 1. The molecular weight excluding hydrogens is 390 g/mol. The number of esters is 1. The van der Waals surface area contributed by atoms with Crippen LogP contribution < -0.4 is 4.90 Å². The van der Waals surface area contributed by atoms with Gasteiger partial charge in [-0.2, -0.15) is 0 Å². The zero-order valence-electron chi connectivity index (χ0n) is 17.4. The van der Waals surface area contributed by atoms with Gasteiger partial charge >= 0.3 is 11.9 Å². The summed E-state index contributed by atoms with van der Waals surface area (Å²) in [4.78, 5) is 29.8. The van der Waals surface area contributed by atoms with Crippen molar-refractivity contribution < 1.29 is 29.3 Å². The molecule has 162 valence electrons. The maximum absolute atomic E-state index is 12.1. The van der Waals surface area contributed by atoms with Gasteiger partial charge in [0.05, 0.1) is 19.3 Å². The Morgan fingerprint density at radius 2 is 2.07 bits per heavy atom. The number of fused-ring (bicyclic) bond motifs is 1. The highest BCUT2D eigenvalue weighted by atomic mass is 16.5. The van der Waals surface area contributed by atoms with Crippen LogP contribution >= 0.6 is 0 Å². The third-order valence-electron chi connectivity index (χ3n) is 5.56. The van der Waals surface area contributed by atoms with Crippen LogP contribution in [0.5, 0.6) is 0 Å². The standard InChI is InChI=1S/C21H27N3O6/c1-5-10-30-21(3)6-8-23(9-7-21)18-16(17(25)20(28)29-4)13(2)11-15-22-14(19(26)27)12-24(15)18/h5,11-12,17,25H,1,6-10H2,2-4H3,(H,26,27). The molecule has 1 saturated heterocycles. The maximum Gasteiger partial charge on any atom is 0.356 e. The Morgan fingerprint density at radius 3 is 2.63 bits per heavy atom. The molecule has 3 heterocycles. The van der Waals surface area contributed by atoms with Crippen molar-refractivity contribution in [2.24, 2.45) is 0 Å². The number of hydrogen-bond acceptors (Lipinski definition) is 7. The van der Waals surface area contributed by atoms with E-state index in [1.807, 2.05) is 11.8 Å². The van der Waals surface area contributed by atoms with Crippen molar-refractivity contribution >= 4 is 23.4 Å². The monoisotopic (exact) mass is 417 g/mol. The van der Waals surface area contributed by atoms with Crippen LogP contribution in [0.1, 0.15) is 47.5 Å². The molecular formula is C21H27N3O6. The average molecular weight is 417 g/mol. The second-order valence-corrected chi connectivity index (χ2v) is 7.69. The lowest BCUT2D eigenvalue weighted by Gasteiger charge is -2.41. The minimum Gasteiger partial charge on any atom is -0.476 e. The van der Waals surface area contributed by atoms with Crippen LogP contribution in [0.3, 0.4) is 0 Å². The summed E-state index contributed by atoms with van der Waals surface area (Å²) in [5.41, 5.74) is 0.998. The smallest absolute Gasteiger partial charge is 0.356 e. The van der Waals surface area contributed by atoms with Crippen molar-refractivity contribution in [3.05, 3.63) is 41.7 Å². The van der Waals surface area contributed by atoms with E-state index in [4.69, 9.17) is 9.47 Å². The molecule has 0 bridgehead atoms. The second kappa shape index (κ2) is 8.45.